The first kappa shape index (κ1) is 10.9. The highest BCUT2D eigenvalue weighted by Crippen LogP contribution is 2.36. The van der Waals surface area contributed by atoms with E-state index < -0.39 is 0 Å². The lowest BCUT2D eigenvalue weighted by Crippen LogP contribution is -1.97. The molecule has 0 saturated heterocycles. The Balaban J connectivity index is 2.59. The highest BCUT2D eigenvalue weighted by Gasteiger charge is 2.08. The molecule has 0 saturated carbocycles. The van der Waals surface area contributed by atoms with Crippen molar-refractivity contribution in [3.05, 3.63) is 52.9 Å². The van der Waals surface area contributed by atoms with Gasteiger partial charge in [0.05, 0.1) is 17.1 Å². The van der Waals surface area contributed by atoms with Crippen LogP contribution in [-0.4, -0.2) is 0 Å². The summed E-state index contributed by atoms with van der Waals surface area (Å²) < 4.78 is 0. The highest BCUT2D eigenvalue weighted by molar-refractivity contribution is 5.90. The Kier molecular flexibility index (Phi) is 2.85. The number of nitrogen functional groups attached to an aromatic ring is 2. The topological polar surface area (TPSA) is 101 Å². The fourth-order valence-corrected chi connectivity index (χ4v) is 1.63. The average molecular weight is 225 g/mol. The van der Waals surface area contributed by atoms with Crippen molar-refractivity contribution in [3.63, 3.8) is 0 Å². The van der Waals surface area contributed by atoms with E-state index in [0.717, 1.165) is 11.1 Å². The Morgan fingerprint density at radius 1 is 0.941 bits per heavy atom. The molecule has 0 atom stereocenters. The van der Waals surface area contributed by atoms with Gasteiger partial charge in [-0.15, -0.1) is 0 Å². The van der Waals surface area contributed by atoms with Gasteiger partial charge in [0.25, 0.3) is 0 Å². The maximum absolute atomic E-state index is 8.38. The third kappa shape index (κ3) is 2.00. The van der Waals surface area contributed by atoms with E-state index in [9.17, 15) is 0 Å². The van der Waals surface area contributed by atoms with E-state index in [-0.39, 0.29) is 0 Å². The molecule has 0 radical (unpaired) electrons. The zero-order valence-electron chi connectivity index (χ0n) is 9.04. The van der Waals surface area contributed by atoms with Crippen molar-refractivity contribution in [1.82, 2.24) is 0 Å². The van der Waals surface area contributed by atoms with Gasteiger partial charge >= 0.3 is 0 Å². The van der Waals surface area contributed by atoms with Crippen LogP contribution in [0.15, 0.2) is 47.6 Å². The first-order chi connectivity index (χ1) is 8.24. The van der Waals surface area contributed by atoms with Gasteiger partial charge in [-0.25, -0.2) is 0 Å². The number of hydrogen-bond acceptors (Lipinski definition) is 3. The van der Waals surface area contributed by atoms with E-state index in [0.29, 0.717) is 17.1 Å². The summed E-state index contributed by atoms with van der Waals surface area (Å²) in [5.41, 5.74) is 23.0. The van der Waals surface area contributed by atoms with Gasteiger partial charge in [0.2, 0.25) is 0 Å². The van der Waals surface area contributed by atoms with Gasteiger partial charge in [-0.3, -0.25) is 0 Å². The Bertz CT molecular complexity index is 585. The standard InChI is InChI=1S/C12H11N5/c13-11-9(8-4-2-1-3-5-8)6-7-10(12(11)14)16-17-15/h1-7H,13-14H2. The average Bonchev–Trinajstić information content (AvgIpc) is 2.36. The minimum atomic E-state index is 0.309. The number of anilines is 2. The van der Waals surface area contributed by atoms with E-state index >= 15 is 0 Å². The minimum absolute atomic E-state index is 0.309. The van der Waals surface area contributed by atoms with Gasteiger partial charge in [-0.2, -0.15) is 0 Å². The first-order valence-corrected chi connectivity index (χ1v) is 5.02. The monoisotopic (exact) mass is 225 g/mol. The molecular formula is C12H11N5. The van der Waals surface area contributed by atoms with E-state index in [1.165, 1.54) is 0 Å². The molecule has 2 aromatic rings. The van der Waals surface area contributed by atoms with Crippen LogP contribution in [0.5, 0.6) is 0 Å². The molecule has 0 aromatic heterocycles. The van der Waals surface area contributed by atoms with Gasteiger partial charge in [0.15, 0.2) is 0 Å². The number of benzene rings is 2. The van der Waals surface area contributed by atoms with Gasteiger partial charge in [-0.05, 0) is 17.2 Å². The molecule has 2 aromatic carbocycles. The molecule has 0 fully saturated rings. The second-order valence-electron chi connectivity index (χ2n) is 3.52. The third-order valence-electron chi connectivity index (χ3n) is 2.50. The SMILES string of the molecule is [N-]=[N+]=Nc1ccc(-c2ccccc2)c(N)c1N. The first-order valence-electron chi connectivity index (χ1n) is 5.02. The lowest BCUT2D eigenvalue weighted by molar-refractivity contribution is 1.47. The molecule has 0 aliphatic rings. The molecule has 0 heterocycles. The van der Waals surface area contributed by atoms with Crippen molar-refractivity contribution in [1.29, 1.82) is 0 Å². The molecule has 0 bridgehead atoms. The number of azide groups is 1. The van der Waals surface area contributed by atoms with E-state index in [1.807, 2.05) is 30.3 Å². The highest BCUT2D eigenvalue weighted by atomic mass is 15.1. The quantitative estimate of drug-likeness (QED) is 0.354. The van der Waals surface area contributed by atoms with Crippen LogP contribution in [0.4, 0.5) is 17.1 Å². The molecule has 5 nitrogen and oxygen atoms in total. The molecule has 0 amide bonds. The van der Waals surface area contributed by atoms with Crippen LogP contribution in [0.25, 0.3) is 21.6 Å². The summed E-state index contributed by atoms with van der Waals surface area (Å²) in [6.07, 6.45) is 0. The fraction of sp³-hybridized carbons (Fsp3) is 0. The molecule has 5 heteroatoms. The normalized spacial score (nSPS) is 9.65. The van der Waals surface area contributed by atoms with Crippen LogP contribution >= 0.6 is 0 Å². The van der Waals surface area contributed by atoms with E-state index in [4.69, 9.17) is 17.0 Å². The summed E-state index contributed by atoms with van der Waals surface area (Å²) in [6.45, 7) is 0. The van der Waals surface area contributed by atoms with Crippen LogP contribution in [0, 0.1) is 0 Å². The molecular weight excluding hydrogens is 214 g/mol. The zero-order valence-corrected chi connectivity index (χ0v) is 9.04. The molecule has 0 spiro atoms. The predicted octanol–water partition coefficient (Wildman–Crippen LogP) is 3.46. The number of hydrogen-bond donors (Lipinski definition) is 2. The van der Waals surface area contributed by atoms with Gasteiger partial charge in [-0.1, -0.05) is 41.5 Å². The predicted molar refractivity (Wildman–Crippen MR) is 69.5 cm³/mol. The number of nitrogens with two attached hydrogens (primary N) is 2. The Morgan fingerprint density at radius 2 is 1.65 bits per heavy atom. The largest absolute Gasteiger partial charge is 0.397 e. The van der Waals surface area contributed by atoms with Gasteiger partial charge < -0.3 is 11.5 Å². The minimum Gasteiger partial charge on any atom is -0.397 e. The third-order valence-corrected chi connectivity index (χ3v) is 2.50. The molecule has 0 aliphatic carbocycles. The molecule has 4 N–H and O–H groups in total. The summed E-state index contributed by atoms with van der Waals surface area (Å²) in [5, 5.41) is 3.48. The summed E-state index contributed by atoms with van der Waals surface area (Å²) in [4.78, 5) is 2.70. The smallest absolute Gasteiger partial charge is 0.0650 e. The maximum atomic E-state index is 8.38. The molecule has 17 heavy (non-hydrogen) atoms. The molecule has 84 valence electrons. The van der Waals surface area contributed by atoms with E-state index in [1.54, 1.807) is 12.1 Å². The molecule has 0 unspecified atom stereocenters. The van der Waals surface area contributed by atoms with Gasteiger partial charge in [0, 0.05) is 10.5 Å². The Hall–Kier alpha value is -2.65. The van der Waals surface area contributed by atoms with Crippen LogP contribution < -0.4 is 11.5 Å². The van der Waals surface area contributed by atoms with Crippen molar-refractivity contribution in [2.45, 2.75) is 0 Å². The molecule has 0 aliphatic heterocycles. The Labute approximate surface area is 98.3 Å². The fourth-order valence-electron chi connectivity index (χ4n) is 1.63. The van der Waals surface area contributed by atoms with Gasteiger partial charge in [0.1, 0.15) is 0 Å². The van der Waals surface area contributed by atoms with Crippen molar-refractivity contribution in [2.24, 2.45) is 5.11 Å². The summed E-state index contributed by atoms with van der Waals surface area (Å²) in [5.74, 6) is 0. The second-order valence-corrected chi connectivity index (χ2v) is 3.52. The number of rotatable bonds is 2. The van der Waals surface area contributed by atoms with Crippen molar-refractivity contribution in [3.8, 4) is 11.1 Å². The molecule has 2 rings (SSSR count). The van der Waals surface area contributed by atoms with Crippen molar-refractivity contribution >= 4 is 17.1 Å². The second kappa shape index (κ2) is 4.47. The lowest BCUT2D eigenvalue weighted by Gasteiger charge is -2.10. The van der Waals surface area contributed by atoms with Crippen LogP contribution in [-0.2, 0) is 0 Å². The van der Waals surface area contributed by atoms with Crippen LogP contribution in [0.3, 0.4) is 0 Å². The summed E-state index contributed by atoms with van der Waals surface area (Å²) in [7, 11) is 0. The summed E-state index contributed by atoms with van der Waals surface area (Å²) >= 11 is 0. The zero-order chi connectivity index (χ0) is 12.3. The summed E-state index contributed by atoms with van der Waals surface area (Å²) in [6, 6.07) is 13.1. The Morgan fingerprint density at radius 3 is 2.29 bits per heavy atom. The maximum Gasteiger partial charge on any atom is 0.0650 e. The van der Waals surface area contributed by atoms with Crippen molar-refractivity contribution in [2.75, 3.05) is 11.5 Å². The van der Waals surface area contributed by atoms with Crippen molar-refractivity contribution < 1.29 is 0 Å². The van der Waals surface area contributed by atoms with E-state index in [2.05, 4.69) is 10.0 Å². The number of nitrogens with zero attached hydrogens (tertiary/aromatic N) is 3. The lowest BCUT2D eigenvalue weighted by atomic mass is 10.0. The van der Waals surface area contributed by atoms with Crippen LogP contribution in [0.1, 0.15) is 0 Å². The van der Waals surface area contributed by atoms with Crippen LogP contribution in [0.2, 0.25) is 0 Å².